The number of morpholine rings is 1. The van der Waals surface area contributed by atoms with Gasteiger partial charge in [0.2, 0.25) is 5.78 Å². The fraction of sp³-hybridized carbons (Fsp3) is 0.226. The molecule has 0 atom stereocenters. The van der Waals surface area contributed by atoms with Gasteiger partial charge in [0.15, 0.2) is 11.6 Å². The van der Waals surface area contributed by atoms with Crippen LogP contribution in [0.4, 0.5) is 24.7 Å². The number of hydrogen-bond acceptors (Lipinski definition) is 7. The number of H-pyrrole nitrogens is 1. The van der Waals surface area contributed by atoms with Crippen molar-refractivity contribution in [2.24, 2.45) is 0 Å². The van der Waals surface area contributed by atoms with Gasteiger partial charge < -0.3 is 29.8 Å². The molecule has 222 valence electrons. The van der Waals surface area contributed by atoms with Gasteiger partial charge in [-0.2, -0.15) is 5.10 Å². The molecule has 3 aromatic carbocycles. The van der Waals surface area contributed by atoms with Crippen molar-refractivity contribution < 1.29 is 32.2 Å². The quantitative estimate of drug-likeness (QED) is 0.206. The number of carbonyl (C=O) groups excluding carboxylic acids is 1. The minimum absolute atomic E-state index is 0.101. The molecule has 1 aliphatic heterocycles. The number of ketones is 1. The molecule has 0 aliphatic carbocycles. The topological polar surface area (TPSA) is 108 Å². The normalized spacial score (nSPS) is 13.6. The Morgan fingerprint density at radius 1 is 1.07 bits per heavy atom. The number of fused-ring (bicyclic) bond motifs is 1. The summed E-state index contributed by atoms with van der Waals surface area (Å²) in [7, 11) is 0. The third-order valence-electron chi connectivity index (χ3n) is 7.17. The number of nitrogens with one attached hydrogen (secondary N) is 1. The van der Waals surface area contributed by atoms with Crippen molar-refractivity contribution in [3.8, 4) is 22.9 Å². The number of nitrogens with zero attached hydrogens (tertiary/aromatic N) is 3. The van der Waals surface area contributed by atoms with Crippen LogP contribution in [0.5, 0.6) is 17.2 Å². The molecule has 3 N–H and O–H groups in total. The molecule has 12 heteroatoms. The number of aromatic nitrogens is 3. The summed E-state index contributed by atoms with van der Waals surface area (Å²) in [6.45, 7) is 3.24. The van der Waals surface area contributed by atoms with Crippen LogP contribution in [0.1, 0.15) is 21.6 Å². The Bertz CT molecular complexity index is 1800. The molecule has 3 heterocycles. The Kier molecular flexibility index (Phi) is 7.68. The maximum atomic E-state index is 14.0. The summed E-state index contributed by atoms with van der Waals surface area (Å²) in [4.78, 5) is 18.7. The molecule has 0 unspecified atom stereocenters. The van der Waals surface area contributed by atoms with E-state index in [0.717, 1.165) is 5.56 Å². The van der Waals surface area contributed by atoms with Crippen LogP contribution in [0.3, 0.4) is 0 Å². The predicted octanol–water partition coefficient (Wildman–Crippen LogP) is 5.89. The molecule has 5 aromatic rings. The van der Waals surface area contributed by atoms with E-state index in [2.05, 4.69) is 10.1 Å². The van der Waals surface area contributed by atoms with Crippen molar-refractivity contribution in [3.05, 3.63) is 89.5 Å². The average molecular weight is 592 g/mol. The number of alkyl halides is 2. The fourth-order valence-corrected chi connectivity index (χ4v) is 5.04. The third-order valence-corrected chi connectivity index (χ3v) is 7.17. The van der Waals surface area contributed by atoms with Gasteiger partial charge >= 0.3 is 0 Å². The molecule has 9 nitrogen and oxygen atoms in total. The standard InChI is InChI=1S/C31H28F3N5O4/c1-18-12-20(43-27-5-3-2-4-22(27)32)6-7-25(18)39-31(35)21(16-36-39)30(40)24-13-19-14-28(42-17-29(33)34)26(15-23(19)37-24)38-8-10-41-11-9-38/h2-7,12-16,29,37H,8-11,17,35H2,1H3. The summed E-state index contributed by atoms with van der Waals surface area (Å²) in [6, 6.07) is 16.3. The molecule has 1 aliphatic rings. The minimum Gasteiger partial charge on any atom is -0.485 e. The van der Waals surface area contributed by atoms with E-state index in [0.29, 0.717) is 60.1 Å². The molecule has 0 radical (unpaired) electrons. The second kappa shape index (κ2) is 11.7. The molecular weight excluding hydrogens is 563 g/mol. The average Bonchev–Trinajstić information content (AvgIpc) is 3.60. The monoisotopic (exact) mass is 591 g/mol. The van der Waals surface area contributed by atoms with Gasteiger partial charge in [-0.15, -0.1) is 0 Å². The maximum absolute atomic E-state index is 14.0. The van der Waals surface area contributed by atoms with Crippen molar-refractivity contribution in [2.45, 2.75) is 13.3 Å². The predicted molar refractivity (Wildman–Crippen MR) is 155 cm³/mol. The van der Waals surface area contributed by atoms with Crippen molar-refractivity contribution in [1.82, 2.24) is 14.8 Å². The van der Waals surface area contributed by atoms with Crippen LogP contribution in [0.15, 0.2) is 66.9 Å². The summed E-state index contributed by atoms with van der Waals surface area (Å²) < 4.78 is 58.0. The number of nitrogens with two attached hydrogens (primary N) is 1. The highest BCUT2D eigenvalue weighted by molar-refractivity contribution is 6.12. The number of ether oxygens (including phenoxy) is 3. The number of benzene rings is 3. The number of aryl methyl sites for hydroxylation is 1. The van der Waals surface area contributed by atoms with Gasteiger partial charge in [0, 0.05) is 24.0 Å². The number of nitrogen functional groups attached to an aromatic ring is 1. The first-order chi connectivity index (χ1) is 20.8. The first kappa shape index (κ1) is 28.2. The molecule has 0 spiro atoms. The number of hydrogen-bond donors (Lipinski definition) is 2. The van der Waals surface area contributed by atoms with Gasteiger partial charge in [-0.3, -0.25) is 4.79 Å². The zero-order valence-corrected chi connectivity index (χ0v) is 23.1. The van der Waals surface area contributed by atoms with E-state index in [-0.39, 0.29) is 28.6 Å². The number of halogens is 3. The summed E-state index contributed by atoms with van der Waals surface area (Å²) >= 11 is 0. The largest absolute Gasteiger partial charge is 0.485 e. The number of aromatic amines is 1. The molecule has 1 fully saturated rings. The Labute approximate surface area is 244 Å². The molecule has 1 saturated heterocycles. The second-order valence-electron chi connectivity index (χ2n) is 10.1. The zero-order chi connectivity index (χ0) is 30.1. The molecule has 2 aromatic heterocycles. The number of rotatable bonds is 9. The molecular formula is C31H28F3N5O4. The summed E-state index contributed by atoms with van der Waals surface area (Å²) in [6.07, 6.45) is -1.24. The molecule has 0 bridgehead atoms. The van der Waals surface area contributed by atoms with E-state index in [9.17, 15) is 18.0 Å². The second-order valence-corrected chi connectivity index (χ2v) is 10.1. The zero-order valence-electron chi connectivity index (χ0n) is 23.1. The smallest absolute Gasteiger partial charge is 0.272 e. The minimum atomic E-state index is -2.63. The lowest BCUT2D eigenvalue weighted by molar-refractivity contribution is 0.0817. The Morgan fingerprint density at radius 2 is 1.86 bits per heavy atom. The van der Waals surface area contributed by atoms with Crippen molar-refractivity contribution >= 4 is 28.2 Å². The van der Waals surface area contributed by atoms with Gasteiger partial charge in [-0.05, 0) is 61.0 Å². The lowest BCUT2D eigenvalue weighted by Gasteiger charge is -2.30. The van der Waals surface area contributed by atoms with Crippen LogP contribution in [0, 0.1) is 12.7 Å². The maximum Gasteiger partial charge on any atom is 0.272 e. The van der Waals surface area contributed by atoms with Crippen LogP contribution in [-0.4, -0.2) is 59.9 Å². The van der Waals surface area contributed by atoms with Crippen molar-refractivity contribution in [3.63, 3.8) is 0 Å². The summed E-state index contributed by atoms with van der Waals surface area (Å²) in [5.41, 5.74) is 9.48. The van der Waals surface area contributed by atoms with Crippen molar-refractivity contribution in [1.29, 1.82) is 0 Å². The highest BCUT2D eigenvalue weighted by Gasteiger charge is 2.23. The van der Waals surface area contributed by atoms with Crippen LogP contribution in [0.25, 0.3) is 16.6 Å². The van der Waals surface area contributed by atoms with Gasteiger partial charge in [0.25, 0.3) is 6.43 Å². The lowest BCUT2D eigenvalue weighted by atomic mass is 10.1. The first-order valence-electron chi connectivity index (χ1n) is 13.6. The van der Waals surface area contributed by atoms with Crippen LogP contribution < -0.4 is 20.1 Å². The van der Waals surface area contributed by atoms with Gasteiger partial charge in [0.1, 0.15) is 23.9 Å². The molecule has 0 amide bonds. The van der Waals surface area contributed by atoms with Crippen LogP contribution >= 0.6 is 0 Å². The third kappa shape index (κ3) is 5.73. The highest BCUT2D eigenvalue weighted by atomic mass is 19.3. The van der Waals surface area contributed by atoms with Crippen molar-refractivity contribution in [2.75, 3.05) is 43.5 Å². The van der Waals surface area contributed by atoms with E-state index in [1.807, 2.05) is 11.8 Å². The highest BCUT2D eigenvalue weighted by Crippen LogP contribution is 2.35. The Hall–Kier alpha value is -4.97. The van der Waals surface area contributed by atoms with E-state index in [1.165, 1.54) is 23.0 Å². The SMILES string of the molecule is Cc1cc(Oc2ccccc2F)ccc1-n1ncc(C(=O)c2cc3cc(OCC(F)F)c(N4CCOCC4)cc3[nH]2)c1N. The first-order valence-corrected chi connectivity index (χ1v) is 13.6. The molecule has 6 rings (SSSR count). The number of para-hydroxylation sites is 1. The van der Waals surface area contributed by atoms with E-state index < -0.39 is 18.8 Å². The molecule has 0 saturated carbocycles. The summed E-state index contributed by atoms with van der Waals surface area (Å²) in [5.74, 6) is 0.0986. The van der Waals surface area contributed by atoms with E-state index >= 15 is 0 Å². The summed E-state index contributed by atoms with van der Waals surface area (Å²) in [5, 5.41) is 4.97. The van der Waals surface area contributed by atoms with Gasteiger partial charge in [-0.1, -0.05) is 12.1 Å². The fourth-order valence-electron chi connectivity index (χ4n) is 5.04. The van der Waals surface area contributed by atoms with E-state index in [4.69, 9.17) is 19.9 Å². The number of anilines is 2. The number of carbonyl (C=O) groups is 1. The molecule has 43 heavy (non-hydrogen) atoms. The Balaban J connectivity index is 1.28. The van der Waals surface area contributed by atoms with E-state index in [1.54, 1.807) is 48.5 Å². The van der Waals surface area contributed by atoms with Gasteiger partial charge in [0.05, 0.1) is 42.0 Å². The van der Waals surface area contributed by atoms with Crippen LogP contribution in [-0.2, 0) is 4.74 Å². The lowest BCUT2D eigenvalue weighted by Crippen LogP contribution is -2.36. The van der Waals surface area contributed by atoms with Gasteiger partial charge in [-0.25, -0.2) is 17.9 Å². The Morgan fingerprint density at radius 3 is 2.60 bits per heavy atom. The van der Waals surface area contributed by atoms with Crippen LogP contribution in [0.2, 0.25) is 0 Å².